The number of sulfonamides is 1. The second kappa shape index (κ2) is 9.85. The van der Waals surface area contributed by atoms with Gasteiger partial charge in [-0.1, -0.05) is 23.7 Å². The van der Waals surface area contributed by atoms with E-state index in [1.807, 2.05) is 0 Å². The minimum atomic E-state index is -3.99. The molecular formula is C15H16BrClKN3O4S. The summed E-state index contributed by atoms with van der Waals surface area (Å²) < 4.78 is 26.2. The molecule has 0 aromatic heterocycles. The summed E-state index contributed by atoms with van der Waals surface area (Å²) in [5, 5.41) is 15.1. The van der Waals surface area contributed by atoms with Crippen LogP contribution in [0.1, 0.15) is 1.43 Å². The Morgan fingerprint density at radius 2 is 1.73 bits per heavy atom. The molecule has 136 valence electrons. The zero-order chi connectivity index (χ0) is 18.8. The summed E-state index contributed by atoms with van der Waals surface area (Å²) in [6.07, 6.45) is 0. The van der Waals surface area contributed by atoms with Crippen LogP contribution in [-0.2, 0) is 10.0 Å². The number of carbonyl (C=O) groups is 1. The molecule has 2 amide bonds. The Hall–Kier alpha value is -0.174. The number of nitrogens with zero attached hydrogens (tertiary/aromatic N) is 1. The number of phenols is 1. The van der Waals surface area contributed by atoms with E-state index < -0.39 is 26.7 Å². The fraction of sp³-hybridized carbons (Fsp3) is 0.133. The Morgan fingerprint density at radius 3 is 2.31 bits per heavy atom. The average molecular weight is 489 g/mol. The maximum absolute atomic E-state index is 12.3. The first-order valence-electron chi connectivity index (χ1n) is 6.91. The molecule has 0 saturated carbocycles. The number of hydrogen-bond acceptors (Lipinski definition) is 4. The number of halogens is 2. The van der Waals surface area contributed by atoms with Crippen LogP contribution in [0, 0.1) is 0 Å². The molecule has 0 radical (unpaired) electrons. The van der Waals surface area contributed by atoms with E-state index in [-0.39, 0.29) is 63.5 Å². The maximum Gasteiger partial charge on any atom is 1.00 e. The molecule has 2 aromatic carbocycles. The first-order valence-corrected chi connectivity index (χ1v) is 9.52. The molecule has 0 aliphatic carbocycles. The van der Waals surface area contributed by atoms with Gasteiger partial charge >= 0.3 is 57.4 Å². The molecule has 2 rings (SSSR count). The van der Waals surface area contributed by atoms with E-state index in [0.29, 0.717) is 10.2 Å². The van der Waals surface area contributed by atoms with E-state index in [4.69, 9.17) is 11.6 Å². The van der Waals surface area contributed by atoms with Crippen LogP contribution in [0.25, 0.3) is 0 Å². The molecular weight excluding hydrogens is 473 g/mol. The van der Waals surface area contributed by atoms with Gasteiger partial charge in [-0.2, -0.15) is 0 Å². The number of urea groups is 1. The fourth-order valence-electron chi connectivity index (χ4n) is 1.91. The third-order valence-electron chi connectivity index (χ3n) is 3.19. The molecule has 0 aliphatic rings. The minimum Gasteiger partial charge on any atom is -1.00 e. The van der Waals surface area contributed by atoms with Crippen LogP contribution in [-0.4, -0.2) is 38.0 Å². The van der Waals surface area contributed by atoms with E-state index in [2.05, 4.69) is 26.6 Å². The van der Waals surface area contributed by atoms with Gasteiger partial charge in [0.05, 0.1) is 16.4 Å². The molecule has 0 aliphatic heterocycles. The molecule has 0 bridgehead atoms. The van der Waals surface area contributed by atoms with E-state index in [0.717, 1.165) is 4.31 Å². The minimum absolute atomic E-state index is 0. The second-order valence-electron chi connectivity index (χ2n) is 5.12. The van der Waals surface area contributed by atoms with E-state index >= 15 is 0 Å². The van der Waals surface area contributed by atoms with Crippen LogP contribution in [0.2, 0.25) is 5.02 Å². The zero-order valence-electron chi connectivity index (χ0n) is 15.2. The van der Waals surface area contributed by atoms with Crippen molar-refractivity contribution >= 4 is 55.0 Å². The van der Waals surface area contributed by atoms with Crippen LogP contribution < -0.4 is 62.0 Å². The molecule has 0 fully saturated rings. The van der Waals surface area contributed by atoms with Crippen molar-refractivity contribution in [3.8, 4) is 5.75 Å². The second-order valence-corrected chi connectivity index (χ2v) is 8.47. The van der Waals surface area contributed by atoms with E-state index in [9.17, 15) is 18.3 Å². The first kappa shape index (κ1) is 23.9. The van der Waals surface area contributed by atoms with Gasteiger partial charge in [0.1, 0.15) is 4.90 Å². The number of rotatable bonds is 4. The first-order chi connectivity index (χ1) is 11.6. The number of benzene rings is 2. The molecule has 3 N–H and O–H groups in total. The number of hydrogen-bond donors (Lipinski definition) is 3. The number of amides is 2. The SMILES string of the molecule is CN(C)S(=O)(=O)c1c(Cl)ccc(NC(=O)Nc2ccccc2Br)c1O.[H-].[K+]. The van der Waals surface area contributed by atoms with Crippen molar-refractivity contribution in [2.24, 2.45) is 0 Å². The van der Waals surface area contributed by atoms with Crippen molar-refractivity contribution in [1.29, 1.82) is 0 Å². The summed E-state index contributed by atoms with van der Waals surface area (Å²) in [6.45, 7) is 0. The van der Waals surface area contributed by atoms with E-state index in [1.54, 1.807) is 24.3 Å². The maximum atomic E-state index is 12.3. The zero-order valence-corrected chi connectivity index (χ0v) is 20.5. The molecule has 0 atom stereocenters. The summed E-state index contributed by atoms with van der Waals surface area (Å²) >= 11 is 9.21. The van der Waals surface area contributed by atoms with Crippen LogP contribution in [0.4, 0.5) is 16.2 Å². The largest absolute Gasteiger partial charge is 1.00 e. The third-order valence-corrected chi connectivity index (χ3v) is 6.20. The summed E-state index contributed by atoms with van der Waals surface area (Å²) in [4.78, 5) is 11.6. The summed E-state index contributed by atoms with van der Waals surface area (Å²) in [5.41, 5.74) is 0.420. The molecule has 26 heavy (non-hydrogen) atoms. The van der Waals surface area contributed by atoms with Crippen molar-refractivity contribution in [3.63, 3.8) is 0 Å². The fourth-order valence-corrected chi connectivity index (χ4v) is 3.78. The third kappa shape index (κ3) is 5.43. The Morgan fingerprint density at radius 1 is 1.15 bits per heavy atom. The quantitative estimate of drug-likeness (QED) is 0.438. The number of nitrogens with one attached hydrogen (secondary N) is 2. The molecule has 0 saturated heterocycles. The van der Waals surface area contributed by atoms with Crippen LogP contribution in [0.3, 0.4) is 0 Å². The Bertz CT molecular complexity index is 931. The average Bonchev–Trinajstić information content (AvgIpc) is 2.52. The van der Waals surface area contributed by atoms with Gasteiger partial charge in [-0.05, 0) is 40.2 Å². The van der Waals surface area contributed by atoms with Gasteiger partial charge in [0.15, 0.2) is 5.75 Å². The summed E-state index contributed by atoms with van der Waals surface area (Å²) in [7, 11) is -1.37. The molecule has 0 unspecified atom stereocenters. The van der Waals surface area contributed by atoms with Gasteiger partial charge in [-0.25, -0.2) is 17.5 Å². The van der Waals surface area contributed by atoms with Gasteiger partial charge in [0.25, 0.3) is 0 Å². The molecule has 2 aromatic rings. The molecule has 0 heterocycles. The topological polar surface area (TPSA) is 98.7 Å². The standard InChI is InChI=1S/C15H15BrClN3O4S.K.H/c1-20(2)25(23,24)14-10(17)7-8-12(13(14)21)19-15(22)18-11-6-4-3-5-9(11)16;;/h3-8,21H,1-2H3,(H2,18,19,22);;/q;+1;-1. The van der Waals surface area contributed by atoms with Crippen LogP contribution in [0.5, 0.6) is 5.75 Å². The van der Waals surface area contributed by atoms with Crippen LogP contribution >= 0.6 is 27.5 Å². The smallest absolute Gasteiger partial charge is 1.00 e. The van der Waals surface area contributed by atoms with E-state index in [1.165, 1.54) is 26.2 Å². The Kier molecular flexibility index (Phi) is 9.04. The normalized spacial score (nSPS) is 11.0. The molecule has 0 spiro atoms. The van der Waals surface area contributed by atoms with Crippen molar-refractivity contribution in [2.45, 2.75) is 4.90 Å². The monoisotopic (exact) mass is 487 g/mol. The number of phenolic OH excluding ortho intramolecular Hbond substituents is 1. The number of para-hydroxylation sites is 1. The number of aromatic hydroxyl groups is 1. The van der Waals surface area contributed by atoms with Crippen molar-refractivity contribution in [2.75, 3.05) is 24.7 Å². The molecule has 7 nitrogen and oxygen atoms in total. The van der Waals surface area contributed by atoms with Gasteiger partial charge in [-0.3, -0.25) is 0 Å². The van der Waals surface area contributed by atoms with Gasteiger partial charge in [0.2, 0.25) is 10.0 Å². The van der Waals surface area contributed by atoms with Gasteiger partial charge in [0, 0.05) is 18.6 Å². The number of anilines is 2. The van der Waals surface area contributed by atoms with Crippen LogP contribution in [0.15, 0.2) is 45.8 Å². The Balaban J connectivity index is 0.00000338. The van der Waals surface area contributed by atoms with Crippen molar-refractivity contribution in [1.82, 2.24) is 4.31 Å². The van der Waals surface area contributed by atoms with Crippen molar-refractivity contribution < 1.29 is 71.1 Å². The molecule has 11 heteroatoms. The predicted molar refractivity (Wildman–Crippen MR) is 102 cm³/mol. The van der Waals surface area contributed by atoms with Gasteiger partial charge in [-0.15, -0.1) is 0 Å². The van der Waals surface area contributed by atoms with Gasteiger partial charge < -0.3 is 17.2 Å². The predicted octanol–water partition coefficient (Wildman–Crippen LogP) is 0.819. The summed E-state index contributed by atoms with van der Waals surface area (Å²) in [6, 6.07) is 8.89. The van der Waals surface area contributed by atoms with Crippen molar-refractivity contribution in [3.05, 3.63) is 45.9 Å². The number of carbonyl (C=O) groups excluding carboxylic acids is 1. The summed E-state index contributed by atoms with van der Waals surface area (Å²) in [5.74, 6) is -0.636. The Labute approximate surface area is 209 Å².